The van der Waals surface area contributed by atoms with Gasteiger partial charge in [-0.15, -0.1) is 5.10 Å². The minimum atomic E-state index is 0.187. The summed E-state index contributed by atoms with van der Waals surface area (Å²) in [7, 11) is 0. The van der Waals surface area contributed by atoms with Crippen LogP contribution < -0.4 is 5.32 Å². The van der Waals surface area contributed by atoms with Gasteiger partial charge < -0.3 is 5.32 Å². The molecular formula is C16H19N5. The van der Waals surface area contributed by atoms with Crippen LogP contribution in [-0.4, -0.2) is 26.5 Å². The van der Waals surface area contributed by atoms with E-state index in [1.165, 1.54) is 0 Å². The van der Waals surface area contributed by atoms with Crippen molar-refractivity contribution >= 4 is 10.9 Å². The lowest BCUT2D eigenvalue weighted by molar-refractivity contribution is 0.579. The summed E-state index contributed by atoms with van der Waals surface area (Å²) in [6, 6.07) is 10.3. The molecular weight excluding hydrogens is 262 g/mol. The Morgan fingerprint density at radius 1 is 1.24 bits per heavy atom. The molecule has 2 heterocycles. The Hall–Kier alpha value is -2.27. The number of benzene rings is 1. The summed E-state index contributed by atoms with van der Waals surface area (Å²) < 4.78 is 1.87. The summed E-state index contributed by atoms with van der Waals surface area (Å²) in [5, 5.41) is 13.1. The Kier molecular flexibility index (Phi) is 3.66. The molecule has 21 heavy (non-hydrogen) atoms. The molecule has 0 amide bonds. The number of fused-ring (bicyclic) bond motifs is 1. The first-order valence-corrected chi connectivity index (χ1v) is 7.22. The van der Waals surface area contributed by atoms with Crippen molar-refractivity contribution in [2.45, 2.75) is 26.8 Å². The van der Waals surface area contributed by atoms with Crippen molar-refractivity contribution in [3.05, 3.63) is 47.9 Å². The molecule has 3 aromatic rings. The zero-order valence-corrected chi connectivity index (χ0v) is 12.5. The molecule has 0 spiro atoms. The third-order valence-corrected chi connectivity index (χ3v) is 3.69. The molecule has 1 atom stereocenters. The molecule has 5 heteroatoms. The second-order valence-corrected chi connectivity index (χ2v) is 5.10. The van der Waals surface area contributed by atoms with Crippen LogP contribution in [0.15, 0.2) is 36.5 Å². The lowest BCUT2D eigenvalue weighted by Crippen LogP contribution is -2.19. The highest BCUT2D eigenvalue weighted by Crippen LogP contribution is 2.23. The number of pyridine rings is 1. The van der Waals surface area contributed by atoms with Gasteiger partial charge in [-0.25, -0.2) is 4.68 Å². The summed E-state index contributed by atoms with van der Waals surface area (Å²) in [4.78, 5) is 4.48. The lowest BCUT2D eigenvalue weighted by Gasteiger charge is -2.11. The van der Waals surface area contributed by atoms with Gasteiger partial charge in [0.05, 0.1) is 22.9 Å². The molecule has 108 valence electrons. The Bertz CT molecular complexity index is 757. The first kappa shape index (κ1) is 13.7. The fourth-order valence-electron chi connectivity index (χ4n) is 2.63. The summed E-state index contributed by atoms with van der Waals surface area (Å²) in [6.07, 6.45) is 1.81. The highest BCUT2D eigenvalue weighted by molar-refractivity contribution is 5.86. The van der Waals surface area contributed by atoms with Crippen molar-refractivity contribution in [1.82, 2.24) is 25.3 Å². The fourth-order valence-corrected chi connectivity index (χ4v) is 2.63. The number of para-hydroxylation sites is 1. The van der Waals surface area contributed by atoms with Crippen LogP contribution in [-0.2, 0) is 0 Å². The monoisotopic (exact) mass is 281 g/mol. The number of aromatic nitrogens is 4. The van der Waals surface area contributed by atoms with Crippen molar-refractivity contribution in [3.63, 3.8) is 0 Å². The van der Waals surface area contributed by atoms with Gasteiger partial charge in [0.25, 0.3) is 0 Å². The first-order chi connectivity index (χ1) is 10.2. The van der Waals surface area contributed by atoms with E-state index >= 15 is 0 Å². The molecule has 1 aromatic carbocycles. The Balaban J connectivity index is 2.12. The molecule has 0 aliphatic heterocycles. The normalized spacial score (nSPS) is 12.7. The Morgan fingerprint density at radius 3 is 2.86 bits per heavy atom. The molecule has 0 fully saturated rings. The van der Waals surface area contributed by atoms with E-state index in [9.17, 15) is 0 Å². The van der Waals surface area contributed by atoms with Gasteiger partial charge in [0.15, 0.2) is 0 Å². The molecule has 5 nitrogen and oxygen atoms in total. The van der Waals surface area contributed by atoms with E-state index in [1.807, 2.05) is 29.8 Å². The molecule has 3 rings (SSSR count). The quantitative estimate of drug-likeness (QED) is 0.799. The van der Waals surface area contributed by atoms with Gasteiger partial charge in [-0.3, -0.25) is 4.98 Å². The standard InChI is InChI=1S/C16H19N5/c1-4-17-11(2)15-12(3)21(20-19-15)14-9-5-7-13-8-6-10-18-16(13)14/h5-11,17H,4H2,1-3H3. The maximum Gasteiger partial charge on any atom is 0.103 e. The maximum atomic E-state index is 4.48. The van der Waals surface area contributed by atoms with Gasteiger partial charge in [-0.05, 0) is 32.5 Å². The second kappa shape index (κ2) is 5.61. The average Bonchev–Trinajstić information content (AvgIpc) is 2.88. The number of rotatable bonds is 4. The summed E-state index contributed by atoms with van der Waals surface area (Å²) in [5.41, 5.74) is 3.93. The van der Waals surface area contributed by atoms with Crippen LogP contribution in [0.3, 0.4) is 0 Å². The minimum Gasteiger partial charge on any atom is -0.309 e. The van der Waals surface area contributed by atoms with Crippen molar-refractivity contribution in [3.8, 4) is 5.69 Å². The van der Waals surface area contributed by atoms with Crippen molar-refractivity contribution < 1.29 is 0 Å². The molecule has 0 saturated carbocycles. The van der Waals surface area contributed by atoms with Crippen molar-refractivity contribution in [2.24, 2.45) is 0 Å². The predicted molar refractivity (Wildman–Crippen MR) is 83.5 cm³/mol. The molecule has 0 bridgehead atoms. The SMILES string of the molecule is CCNC(C)c1nnn(-c2cccc3cccnc23)c1C. The van der Waals surface area contributed by atoms with E-state index in [1.54, 1.807) is 6.20 Å². The molecule has 1 N–H and O–H groups in total. The zero-order valence-electron chi connectivity index (χ0n) is 12.5. The van der Waals surface area contributed by atoms with E-state index in [4.69, 9.17) is 0 Å². The van der Waals surface area contributed by atoms with Crippen LogP contribution >= 0.6 is 0 Å². The van der Waals surface area contributed by atoms with E-state index in [0.717, 1.165) is 34.5 Å². The number of hydrogen-bond acceptors (Lipinski definition) is 4. The molecule has 0 aliphatic carbocycles. The van der Waals surface area contributed by atoms with Crippen molar-refractivity contribution in [1.29, 1.82) is 0 Å². The smallest absolute Gasteiger partial charge is 0.103 e. The third-order valence-electron chi connectivity index (χ3n) is 3.69. The zero-order chi connectivity index (χ0) is 14.8. The van der Waals surface area contributed by atoms with E-state index in [-0.39, 0.29) is 6.04 Å². The van der Waals surface area contributed by atoms with Gasteiger partial charge in [0.2, 0.25) is 0 Å². The van der Waals surface area contributed by atoms with E-state index < -0.39 is 0 Å². The topological polar surface area (TPSA) is 55.6 Å². The average molecular weight is 281 g/mol. The van der Waals surface area contributed by atoms with Gasteiger partial charge in [-0.1, -0.05) is 30.3 Å². The van der Waals surface area contributed by atoms with Gasteiger partial charge in [0, 0.05) is 11.6 Å². The largest absolute Gasteiger partial charge is 0.309 e. The Labute approximate surface area is 124 Å². The van der Waals surface area contributed by atoms with Crippen LogP contribution in [0.5, 0.6) is 0 Å². The number of hydrogen-bond donors (Lipinski definition) is 1. The predicted octanol–water partition coefficient (Wildman–Crippen LogP) is 2.79. The van der Waals surface area contributed by atoms with Crippen LogP contribution in [0.4, 0.5) is 0 Å². The number of nitrogens with zero attached hydrogens (tertiary/aromatic N) is 4. The van der Waals surface area contributed by atoms with Crippen molar-refractivity contribution in [2.75, 3.05) is 6.54 Å². The molecule has 1 unspecified atom stereocenters. The third kappa shape index (κ3) is 2.40. The molecule has 0 radical (unpaired) electrons. The fraction of sp³-hybridized carbons (Fsp3) is 0.312. The van der Waals surface area contributed by atoms with Gasteiger partial charge in [0.1, 0.15) is 5.69 Å². The van der Waals surface area contributed by atoms with Crippen LogP contribution in [0.1, 0.15) is 31.3 Å². The van der Waals surface area contributed by atoms with Crippen LogP contribution in [0.25, 0.3) is 16.6 Å². The summed E-state index contributed by atoms with van der Waals surface area (Å²) in [6.45, 7) is 7.14. The molecule has 0 saturated heterocycles. The van der Waals surface area contributed by atoms with Crippen LogP contribution in [0.2, 0.25) is 0 Å². The lowest BCUT2D eigenvalue weighted by atomic mass is 10.1. The van der Waals surface area contributed by atoms with Gasteiger partial charge >= 0.3 is 0 Å². The second-order valence-electron chi connectivity index (χ2n) is 5.10. The Morgan fingerprint density at radius 2 is 2.05 bits per heavy atom. The highest BCUT2D eigenvalue weighted by Gasteiger charge is 2.16. The summed E-state index contributed by atoms with van der Waals surface area (Å²) >= 11 is 0. The maximum absolute atomic E-state index is 4.48. The minimum absolute atomic E-state index is 0.187. The molecule has 0 aliphatic rings. The number of nitrogens with one attached hydrogen (secondary N) is 1. The molecule has 2 aromatic heterocycles. The van der Waals surface area contributed by atoms with Crippen LogP contribution in [0, 0.1) is 6.92 Å². The summed E-state index contributed by atoms with van der Waals surface area (Å²) in [5.74, 6) is 0. The van der Waals surface area contributed by atoms with Gasteiger partial charge in [-0.2, -0.15) is 0 Å². The first-order valence-electron chi connectivity index (χ1n) is 7.22. The van der Waals surface area contributed by atoms with E-state index in [0.29, 0.717) is 0 Å². The van der Waals surface area contributed by atoms with E-state index in [2.05, 4.69) is 46.6 Å². The highest BCUT2D eigenvalue weighted by atomic mass is 15.4.